The van der Waals surface area contributed by atoms with Gasteiger partial charge in [0.15, 0.2) is 0 Å². The molecule has 0 bridgehead atoms. The van der Waals surface area contributed by atoms with Gasteiger partial charge in [-0.05, 0) is 31.0 Å². The maximum Gasteiger partial charge on any atom is 0.0952 e. The van der Waals surface area contributed by atoms with Gasteiger partial charge in [0.05, 0.1) is 12.7 Å². The van der Waals surface area contributed by atoms with Crippen LogP contribution in [-0.4, -0.2) is 20.2 Å². The minimum absolute atomic E-state index is 0.248. The molecule has 1 aliphatic heterocycles. The topological polar surface area (TPSA) is 21.3 Å². The second-order valence-electron chi connectivity index (χ2n) is 4.72. The zero-order valence-corrected chi connectivity index (χ0v) is 9.12. The fraction of sp³-hybridized carbons (Fsp3) is 0.538. The molecule has 2 aliphatic rings. The van der Waals surface area contributed by atoms with Crippen LogP contribution in [0.15, 0.2) is 24.3 Å². The van der Waals surface area contributed by atoms with E-state index >= 15 is 0 Å². The van der Waals surface area contributed by atoms with Crippen LogP contribution in [0.2, 0.25) is 0 Å². The largest absolute Gasteiger partial charge is 0.371 e. The fourth-order valence-electron chi connectivity index (χ4n) is 2.61. The molecule has 1 aromatic carbocycles. The van der Waals surface area contributed by atoms with Crippen LogP contribution in [0, 0.1) is 0 Å². The SMILES string of the molecule is CNCC1OCC2(CC2)c2ccccc21. The summed E-state index contributed by atoms with van der Waals surface area (Å²) >= 11 is 0. The van der Waals surface area contributed by atoms with E-state index < -0.39 is 0 Å². The highest BCUT2D eigenvalue weighted by Gasteiger charge is 2.49. The van der Waals surface area contributed by atoms with Gasteiger partial charge >= 0.3 is 0 Å². The van der Waals surface area contributed by atoms with Gasteiger partial charge in [-0.15, -0.1) is 0 Å². The Labute approximate surface area is 90.6 Å². The molecule has 1 atom stereocenters. The van der Waals surface area contributed by atoms with Crippen molar-refractivity contribution >= 4 is 0 Å². The molecule has 3 rings (SSSR count). The van der Waals surface area contributed by atoms with Crippen LogP contribution < -0.4 is 5.32 Å². The van der Waals surface area contributed by atoms with Crippen LogP contribution in [0.3, 0.4) is 0 Å². The molecule has 15 heavy (non-hydrogen) atoms. The molecule has 1 aliphatic carbocycles. The summed E-state index contributed by atoms with van der Waals surface area (Å²) in [5.74, 6) is 0. The molecule has 2 nitrogen and oxygen atoms in total. The van der Waals surface area contributed by atoms with Gasteiger partial charge in [0.2, 0.25) is 0 Å². The molecule has 80 valence electrons. The standard InChI is InChI=1S/C13H17NO/c1-14-8-12-10-4-2-3-5-11(10)13(6-7-13)9-15-12/h2-5,12,14H,6-9H2,1H3. The lowest BCUT2D eigenvalue weighted by Crippen LogP contribution is -2.31. The van der Waals surface area contributed by atoms with Crippen molar-refractivity contribution in [3.63, 3.8) is 0 Å². The molecule has 1 aromatic rings. The first-order valence-corrected chi connectivity index (χ1v) is 5.71. The molecule has 1 fully saturated rings. The third-order valence-electron chi connectivity index (χ3n) is 3.68. The third kappa shape index (κ3) is 1.40. The van der Waals surface area contributed by atoms with Crippen molar-refractivity contribution in [3.8, 4) is 0 Å². The number of hydrogen-bond donors (Lipinski definition) is 1. The van der Waals surface area contributed by atoms with Crippen LogP contribution >= 0.6 is 0 Å². The Morgan fingerprint density at radius 1 is 1.40 bits per heavy atom. The summed E-state index contributed by atoms with van der Waals surface area (Å²) in [6, 6.07) is 8.77. The Balaban J connectivity index is 2.00. The van der Waals surface area contributed by atoms with Crippen LogP contribution in [0.4, 0.5) is 0 Å². The first-order valence-electron chi connectivity index (χ1n) is 5.71. The first-order chi connectivity index (χ1) is 7.36. The molecule has 0 saturated heterocycles. The van der Waals surface area contributed by atoms with Gasteiger partial charge in [0, 0.05) is 12.0 Å². The van der Waals surface area contributed by atoms with E-state index in [1.807, 2.05) is 7.05 Å². The molecular weight excluding hydrogens is 186 g/mol. The van der Waals surface area contributed by atoms with E-state index in [9.17, 15) is 0 Å². The summed E-state index contributed by atoms with van der Waals surface area (Å²) in [6.07, 6.45) is 2.85. The van der Waals surface area contributed by atoms with Gasteiger partial charge in [-0.25, -0.2) is 0 Å². The lowest BCUT2D eigenvalue weighted by Gasteiger charge is -2.32. The van der Waals surface area contributed by atoms with Crippen molar-refractivity contribution in [2.24, 2.45) is 0 Å². The smallest absolute Gasteiger partial charge is 0.0952 e. The van der Waals surface area contributed by atoms with E-state index in [1.165, 1.54) is 24.0 Å². The maximum absolute atomic E-state index is 5.96. The fourth-order valence-corrected chi connectivity index (χ4v) is 2.61. The summed E-state index contributed by atoms with van der Waals surface area (Å²) in [5, 5.41) is 3.20. The number of ether oxygens (including phenoxy) is 1. The van der Waals surface area contributed by atoms with Gasteiger partial charge < -0.3 is 10.1 Å². The number of fused-ring (bicyclic) bond motifs is 2. The highest BCUT2D eigenvalue weighted by Crippen LogP contribution is 2.53. The van der Waals surface area contributed by atoms with Gasteiger partial charge in [-0.3, -0.25) is 0 Å². The van der Waals surface area contributed by atoms with E-state index in [0.29, 0.717) is 5.41 Å². The molecule has 0 aromatic heterocycles. The van der Waals surface area contributed by atoms with Gasteiger partial charge in [0.25, 0.3) is 0 Å². The van der Waals surface area contributed by atoms with Gasteiger partial charge in [-0.2, -0.15) is 0 Å². The normalized spacial score (nSPS) is 26.3. The predicted octanol–water partition coefficient (Wildman–Crippen LogP) is 2.01. The lowest BCUT2D eigenvalue weighted by atomic mass is 9.87. The molecule has 1 saturated carbocycles. The van der Waals surface area contributed by atoms with Crippen molar-refractivity contribution in [2.75, 3.05) is 20.2 Å². The van der Waals surface area contributed by atoms with E-state index in [1.54, 1.807) is 0 Å². The molecule has 1 N–H and O–H groups in total. The summed E-state index contributed by atoms with van der Waals surface area (Å²) in [7, 11) is 1.98. The van der Waals surface area contributed by atoms with Crippen molar-refractivity contribution in [1.82, 2.24) is 5.32 Å². The van der Waals surface area contributed by atoms with E-state index in [-0.39, 0.29) is 6.10 Å². The molecule has 0 amide bonds. The molecule has 0 radical (unpaired) electrons. The zero-order chi connectivity index (χ0) is 10.3. The van der Waals surface area contributed by atoms with Crippen molar-refractivity contribution in [1.29, 1.82) is 0 Å². The Morgan fingerprint density at radius 3 is 2.93 bits per heavy atom. The molecule has 1 spiro atoms. The second-order valence-corrected chi connectivity index (χ2v) is 4.72. The van der Waals surface area contributed by atoms with Crippen LogP contribution in [0.5, 0.6) is 0 Å². The highest BCUT2D eigenvalue weighted by molar-refractivity contribution is 5.41. The van der Waals surface area contributed by atoms with Crippen molar-refractivity contribution in [2.45, 2.75) is 24.4 Å². The maximum atomic E-state index is 5.96. The molecule has 1 heterocycles. The number of likely N-dealkylation sites (N-methyl/N-ethyl adjacent to an activating group) is 1. The summed E-state index contributed by atoms with van der Waals surface area (Å²) in [6.45, 7) is 1.82. The predicted molar refractivity (Wildman–Crippen MR) is 60.0 cm³/mol. The van der Waals surface area contributed by atoms with Crippen molar-refractivity contribution < 1.29 is 4.74 Å². The van der Waals surface area contributed by atoms with Crippen LogP contribution in [0.1, 0.15) is 30.1 Å². The monoisotopic (exact) mass is 203 g/mol. The molecule has 2 heteroatoms. The Morgan fingerprint density at radius 2 is 2.20 bits per heavy atom. The first kappa shape index (κ1) is 9.37. The highest BCUT2D eigenvalue weighted by atomic mass is 16.5. The van der Waals surface area contributed by atoms with Crippen molar-refractivity contribution in [3.05, 3.63) is 35.4 Å². The summed E-state index contributed by atoms with van der Waals surface area (Å²) < 4.78 is 5.96. The Bertz CT molecular complexity index is 371. The number of nitrogens with one attached hydrogen (secondary N) is 1. The quantitative estimate of drug-likeness (QED) is 0.794. The Hall–Kier alpha value is -0.860. The van der Waals surface area contributed by atoms with E-state index in [0.717, 1.165) is 13.2 Å². The van der Waals surface area contributed by atoms with Crippen LogP contribution in [0.25, 0.3) is 0 Å². The Kier molecular flexibility index (Phi) is 2.08. The number of hydrogen-bond acceptors (Lipinski definition) is 2. The second kappa shape index (κ2) is 3.32. The average Bonchev–Trinajstić information content (AvgIpc) is 3.05. The summed E-state index contributed by atoms with van der Waals surface area (Å²) in [5.41, 5.74) is 3.33. The minimum atomic E-state index is 0.248. The average molecular weight is 203 g/mol. The third-order valence-corrected chi connectivity index (χ3v) is 3.68. The molecular formula is C13H17NO. The van der Waals surface area contributed by atoms with Gasteiger partial charge in [0.1, 0.15) is 0 Å². The van der Waals surface area contributed by atoms with Crippen LogP contribution in [-0.2, 0) is 10.2 Å². The summed E-state index contributed by atoms with van der Waals surface area (Å²) in [4.78, 5) is 0. The minimum Gasteiger partial charge on any atom is -0.371 e. The lowest BCUT2D eigenvalue weighted by molar-refractivity contribution is 0.0232. The number of rotatable bonds is 2. The zero-order valence-electron chi connectivity index (χ0n) is 9.12. The van der Waals surface area contributed by atoms with E-state index in [2.05, 4.69) is 29.6 Å². The van der Waals surface area contributed by atoms with E-state index in [4.69, 9.17) is 4.74 Å². The molecule has 1 unspecified atom stereocenters. The number of benzene rings is 1. The van der Waals surface area contributed by atoms with Gasteiger partial charge in [-0.1, -0.05) is 24.3 Å².